The number of hydrogen-bond acceptors (Lipinski definition) is 4. The third-order valence-electron chi connectivity index (χ3n) is 7.25. The molecule has 0 radical (unpaired) electrons. The van der Waals surface area contributed by atoms with E-state index >= 15 is 0 Å². The van der Waals surface area contributed by atoms with Crippen LogP contribution in [0.3, 0.4) is 0 Å². The standard InChI is InChI=1S/C29H23NO4/c31-24(20-12-10-19(11-13-20)18-6-2-1-3-7-18)17-34-25-9-5-4-8-23(25)30-28(32)26-21-14-15-22(16-21)27(26)29(30)33/h1-15,21-22,26-27H,16-17H2/t21-,22+,26-,27+. The smallest absolute Gasteiger partial charge is 0.238 e. The number of ketones is 1. The van der Waals surface area contributed by atoms with E-state index < -0.39 is 0 Å². The molecule has 3 aliphatic rings. The maximum atomic E-state index is 13.2. The number of nitrogens with zero attached hydrogens (tertiary/aromatic N) is 1. The highest BCUT2D eigenvalue weighted by Gasteiger charge is 2.59. The van der Waals surface area contributed by atoms with E-state index in [1.165, 1.54) is 4.90 Å². The molecule has 3 aromatic carbocycles. The van der Waals surface area contributed by atoms with E-state index in [9.17, 15) is 14.4 Å². The number of carbonyl (C=O) groups is 3. The molecule has 0 spiro atoms. The van der Waals surface area contributed by atoms with E-state index in [0.29, 0.717) is 17.0 Å². The Morgan fingerprint density at radius 1 is 0.765 bits per heavy atom. The second-order valence-electron chi connectivity index (χ2n) is 9.13. The lowest BCUT2D eigenvalue weighted by atomic mass is 9.85. The molecule has 1 saturated carbocycles. The summed E-state index contributed by atoms with van der Waals surface area (Å²) in [7, 11) is 0. The van der Waals surface area contributed by atoms with Gasteiger partial charge in [0.15, 0.2) is 12.4 Å². The van der Waals surface area contributed by atoms with Crippen LogP contribution in [-0.4, -0.2) is 24.2 Å². The van der Waals surface area contributed by atoms with Crippen LogP contribution in [0.2, 0.25) is 0 Å². The molecule has 4 atom stereocenters. The number of ether oxygens (including phenoxy) is 1. The fourth-order valence-electron chi connectivity index (χ4n) is 5.61. The van der Waals surface area contributed by atoms with E-state index in [0.717, 1.165) is 17.5 Å². The first-order valence-electron chi connectivity index (χ1n) is 11.6. The number of carbonyl (C=O) groups excluding carboxylic acids is 3. The number of allylic oxidation sites excluding steroid dienone is 2. The summed E-state index contributed by atoms with van der Waals surface area (Å²) in [6, 6.07) is 24.3. The van der Waals surface area contributed by atoms with Gasteiger partial charge < -0.3 is 4.74 Å². The fourth-order valence-corrected chi connectivity index (χ4v) is 5.61. The predicted octanol–water partition coefficient (Wildman–Crippen LogP) is 4.93. The molecule has 6 rings (SSSR count). The number of hydrogen-bond donors (Lipinski definition) is 0. The minimum atomic E-state index is -0.277. The maximum Gasteiger partial charge on any atom is 0.238 e. The first-order chi connectivity index (χ1) is 16.6. The molecule has 0 N–H and O–H groups in total. The minimum absolute atomic E-state index is 0.143. The van der Waals surface area contributed by atoms with Gasteiger partial charge >= 0.3 is 0 Å². The highest BCUT2D eigenvalue weighted by molar-refractivity contribution is 6.23. The lowest BCUT2D eigenvalue weighted by molar-refractivity contribution is -0.123. The molecular formula is C29H23NO4. The zero-order valence-electron chi connectivity index (χ0n) is 18.5. The number of fused-ring (bicyclic) bond motifs is 5. The van der Waals surface area contributed by atoms with E-state index in [-0.39, 0.29) is 47.9 Å². The number of rotatable bonds is 6. The number of anilines is 1. The Balaban J connectivity index is 1.18. The molecule has 1 aliphatic heterocycles. The quantitative estimate of drug-likeness (QED) is 0.304. The van der Waals surface area contributed by atoms with Crippen LogP contribution in [0.1, 0.15) is 16.8 Å². The Morgan fingerprint density at radius 3 is 2.03 bits per heavy atom. The van der Waals surface area contributed by atoms with Crippen molar-refractivity contribution in [3.8, 4) is 16.9 Å². The summed E-state index contributed by atoms with van der Waals surface area (Å²) < 4.78 is 5.86. The van der Waals surface area contributed by atoms with Crippen molar-refractivity contribution in [3.05, 3.63) is 96.6 Å². The predicted molar refractivity (Wildman–Crippen MR) is 128 cm³/mol. The van der Waals surface area contributed by atoms with Gasteiger partial charge in [-0.1, -0.05) is 78.9 Å². The van der Waals surface area contributed by atoms with Crippen molar-refractivity contribution in [2.24, 2.45) is 23.7 Å². The van der Waals surface area contributed by atoms with Crippen molar-refractivity contribution in [2.45, 2.75) is 6.42 Å². The molecule has 2 amide bonds. The van der Waals surface area contributed by atoms with Gasteiger partial charge in [-0.25, -0.2) is 4.90 Å². The van der Waals surface area contributed by atoms with Gasteiger partial charge in [-0.2, -0.15) is 0 Å². The van der Waals surface area contributed by atoms with E-state index in [2.05, 4.69) is 12.2 Å². The van der Waals surface area contributed by atoms with E-state index in [1.807, 2.05) is 42.5 Å². The van der Waals surface area contributed by atoms with Crippen LogP contribution in [0.25, 0.3) is 11.1 Å². The monoisotopic (exact) mass is 449 g/mol. The summed E-state index contributed by atoms with van der Waals surface area (Å²) in [4.78, 5) is 40.5. The normalized spacial score (nSPS) is 24.5. The summed E-state index contributed by atoms with van der Waals surface area (Å²) in [5.41, 5.74) is 3.07. The minimum Gasteiger partial charge on any atom is -0.483 e. The fraction of sp³-hybridized carbons (Fsp3) is 0.207. The highest BCUT2D eigenvalue weighted by Crippen LogP contribution is 2.53. The van der Waals surface area contributed by atoms with Gasteiger partial charge in [-0.15, -0.1) is 0 Å². The highest BCUT2D eigenvalue weighted by atomic mass is 16.5. The van der Waals surface area contributed by atoms with Crippen LogP contribution >= 0.6 is 0 Å². The first-order valence-corrected chi connectivity index (χ1v) is 11.6. The Labute approximate surface area is 197 Å². The molecule has 2 aliphatic carbocycles. The van der Waals surface area contributed by atoms with Crippen LogP contribution in [0.15, 0.2) is 91.0 Å². The number of imide groups is 1. The number of Topliss-reactive ketones (excluding diaryl/α,β-unsaturated/α-hetero) is 1. The number of amides is 2. The maximum absolute atomic E-state index is 13.2. The first kappa shape index (κ1) is 20.6. The average molecular weight is 450 g/mol. The van der Waals surface area contributed by atoms with Crippen molar-refractivity contribution in [1.29, 1.82) is 0 Å². The molecule has 2 fully saturated rings. The molecule has 1 heterocycles. The second-order valence-corrected chi connectivity index (χ2v) is 9.13. The topological polar surface area (TPSA) is 63.7 Å². The second kappa shape index (κ2) is 8.10. The van der Waals surface area contributed by atoms with Gasteiger partial charge in [0.2, 0.25) is 11.8 Å². The molecule has 0 unspecified atom stereocenters. The molecule has 1 saturated heterocycles. The largest absolute Gasteiger partial charge is 0.483 e. The lowest BCUT2D eigenvalue weighted by Gasteiger charge is -2.20. The molecule has 0 aromatic heterocycles. The van der Waals surface area contributed by atoms with Crippen LogP contribution in [0, 0.1) is 23.7 Å². The summed E-state index contributed by atoms with van der Waals surface area (Å²) >= 11 is 0. The number of benzene rings is 3. The Hall–Kier alpha value is -3.99. The van der Waals surface area contributed by atoms with Gasteiger partial charge in [-0.3, -0.25) is 14.4 Å². The van der Waals surface area contributed by atoms with E-state index in [1.54, 1.807) is 36.4 Å². The van der Waals surface area contributed by atoms with Gasteiger partial charge in [0.1, 0.15) is 5.75 Å². The molecule has 5 nitrogen and oxygen atoms in total. The molecular weight excluding hydrogens is 426 g/mol. The SMILES string of the molecule is O=C(COc1ccccc1N1C(=O)[C@@H]2[C@H](C1=O)[C@@H]1C=C[C@H]2C1)c1ccc(-c2ccccc2)cc1. The molecule has 168 valence electrons. The van der Waals surface area contributed by atoms with Crippen molar-refractivity contribution >= 4 is 23.3 Å². The summed E-state index contributed by atoms with van der Waals surface area (Å²) in [6.07, 6.45) is 5.03. The number of para-hydroxylation sites is 2. The Morgan fingerprint density at radius 2 is 1.35 bits per heavy atom. The van der Waals surface area contributed by atoms with Crippen molar-refractivity contribution in [2.75, 3.05) is 11.5 Å². The van der Waals surface area contributed by atoms with Crippen molar-refractivity contribution < 1.29 is 19.1 Å². The molecule has 2 bridgehead atoms. The zero-order valence-corrected chi connectivity index (χ0v) is 18.5. The molecule has 5 heteroatoms. The Kier molecular flexibility index (Phi) is 4.91. The third-order valence-corrected chi connectivity index (χ3v) is 7.25. The Bertz CT molecular complexity index is 1280. The van der Waals surface area contributed by atoms with Gasteiger partial charge in [0.25, 0.3) is 0 Å². The molecule has 3 aromatic rings. The molecule has 34 heavy (non-hydrogen) atoms. The van der Waals surface area contributed by atoms with Crippen LogP contribution in [0.5, 0.6) is 5.75 Å². The van der Waals surface area contributed by atoms with Crippen LogP contribution in [0.4, 0.5) is 5.69 Å². The zero-order chi connectivity index (χ0) is 23.2. The van der Waals surface area contributed by atoms with Crippen LogP contribution < -0.4 is 9.64 Å². The summed E-state index contributed by atoms with van der Waals surface area (Å²) in [5, 5.41) is 0. The van der Waals surface area contributed by atoms with Gasteiger partial charge in [-0.05, 0) is 41.5 Å². The van der Waals surface area contributed by atoms with Gasteiger partial charge in [0, 0.05) is 5.56 Å². The lowest BCUT2D eigenvalue weighted by Crippen LogP contribution is -2.33. The average Bonchev–Trinajstić information content (AvgIpc) is 3.57. The van der Waals surface area contributed by atoms with Gasteiger partial charge in [0.05, 0.1) is 17.5 Å². The van der Waals surface area contributed by atoms with Crippen molar-refractivity contribution in [1.82, 2.24) is 0 Å². The summed E-state index contributed by atoms with van der Waals surface area (Å²) in [6.45, 7) is -0.183. The van der Waals surface area contributed by atoms with Crippen LogP contribution in [-0.2, 0) is 9.59 Å². The van der Waals surface area contributed by atoms with Crippen molar-refractivity contribution in [3.63, 3.8) is 0 Å². The summed E-state index contributed by atoms with van der Waals surface area (Å²) in [5.74, 6) is -0.404. The third kappa shape index (κ3) is 3.27. The van der Waals surface area contributed by atoms with E-state index in [4.69, 9.17) is 4.74 Å².